The van der Waals surface area contributed by atoms with Crippen LogP contribution in [-0.4, -0.2) is 28.9 Å². The number of aromatic nitrogens is 3. The molecule has 3 heterocycles. The maximum atomic E-state index is 13.8. The molecule has 5 aromatic rings. The highest BCUT2D eigenvalue weighted by atomic mass is 35.5. The smallest absolute Gasteiger partial charge is 0.282 e. The molecule has 0 radical (unpaired) electrons. The maximum Gasteiger partial charge on any atom is 0.282 e. The third-order valence-corrected chi connectivity index (χ3v) is 7.62. The van der Waals surface area contributed by atoms with Crippen molar-refractivity contribution in [1.82, 2.24) is 19.3 Å². The molecule has 0 fully saturated rings. The van der Waals surface area contributed by atoms with Crippen molar-refractivity contribution in [2.45, 2.75) is 11.4 Å². The number of nitrogen functional groups attached to an aromatic ring is 1. The molecule has 0 spiro atoms. The number of halogens is 1. The van der Waals surface area contributed by atoms with Crippen LogP contribution < -0.4 is 16.0 Å². The molecule has 0 bridgehead atoms. The Kier molecular flexibility index (Phi) is 6.66. The summed E-state index contributed by atoms with van der Waals surface area (Å²) >= 11 is 6.31. The minimum Gasteiger partial charge on any atom is -0.384 e. The number of fused-ring (bicyclic) bond motifs is 1. The van der Waals surface area contributed by atoms with Crippen molar-refractivity contribution in [3.63, 3.8) is 0 Å². The van der Waals surface area contributed by atoms with Gasteiger partial charge in [0.15, 0.2) is 0 Å². The summed E-state index contributed by atoms with van der Waals surface area (Å²) < 4.78 is 30.1. The summed E-state index contributed by atoms with van der Waals surface area (Å²) in [6.07, 6.45) is 2.97. The van der Waals surface area contributed by atoms with Gasteiger partial charge in [-0.3, -0.25) is 9.59 Å². The number of rotatable bonds is 6. The quantitative estimate of drug-likeness (QED) is 0.286. The lowest BCUT2D eigenvalue weighted by molar-refractivity contribution is 0.0974. The topological polar surface area (TPSA) is 164 Å². The molecule has 194 valence electrons. The lowest BCUT2D eigenvalue weighted by Gasteiger charge is -2.13. The largest absolute Gasteiger partial charge is 0.384 e. The number of carbonyl (C=O) groups excluding carboxylic acids is 1. The monoisotopic (exact) mass is 558 g/mol. The zero-order valence-corrected chi connectivity index (χ0v) is 21.6. The SMILES string of the molecule is N#Cc1ccc(S(=O)(=O)NC(=O)c2c(-c3ccc[nH]c3=O)c3cc(Cl)ccc3n2Cc2ccnc(N)c2)cc1. The lowest BCUT2D eigenvalue weighted by Crippen LogP contribution is -2.33. The molecule has 0 aliphatic rings. The van der Waals surface area contributed by atoms with Gasteiger partial charge >= 0.3 is 0 Å². The number of aromatic amines is 1. The second-order valence-electron chi connectivity index (χ2n) is 8.54. The van der Waals surface area contributed by atoms with Gasteiger partial charge in [-0.2, -0.15) is 5.26 Å². The van der Waals surface area contributed by atoms with Gasteiger partial charge in [0.05, 0.1) is 16.5 Å². The number of nitriles is 1. The molecule has 39 heavy (non-hydrogen) atoms. The van der Waals surface area contributed by atoms with E-state index in [0.29, 0.717) is 21.5 Å². The summed E-state index contributed by atoms with van der Waals surface area (Å²) in [5.41, 5.74) is 7.16. The number of H-pyrrole nitrogens is 1. The van der Waals surface area contributed by atoms with Gasteiger partial charge in [-0.1, -0.05) is 11.6 Å². The Bertz CT molecular complexity index is 1960. The van der Waals surface area contributed by atoms with E-state index in [2.05, 4.69) is 14.7 Å². The normalized spacial score (nSPS) is 11.3. The first kappa shape index (κ1) is 25.7. The number of benzene rings is 2. The van der Waals surface area contributed by atoms with Crippen LogP contribution in [0.2, 0.25) is 5.02 Å². The molecule has 1 amide bonds. The van der Waals surface area contributed by atoms with Gasteiger partial charge in [-0.05, 0) is 72.3 Å². The molecule has 3 aromatic heterocycles. The first-order valence-electron chi connectivity index (χ1n) is 11.5. The van der Waals surface area contributed by atoms with Crippen molar-refractivity contribution < 1.29 is 13.2 Å². The van der Waals surface area contributed by atoms with Gasteiger partial charge in [-0.25, -0.2) is 18.1 Å². The number of nitrogens with two attached hydrogens (primary N) is 1. The zero-order chi connectivity index (χ0) is 27.7. The molecule has 5 rings (SSSR count). The van der Waals surface area contributed by atoms with Crippen LogP contribution >= 0.6 is 11.6 Å². The summed E-state index contributed by atoms with van der Waals surface area (Å²) in [7, 11) is -4.35. The zero-order valence-electron chi connectivity index (χ0n) is 20.1. The Hall–Kier alpha value is -4.92. The fourth-order valence-electron chi connectivity index (χ4n) is 4.33. The number of nitrogens with one attached hydrogen (secondary N) is 2. The van der Waals surface area contributed by atoms with Crippen molar-refractivity contribution in [2.24, 2.45) is 0 Å². The minimum atomic E-state index is -4.35. The Morgan fingerprint density at radius 1 is 1.13 bits per heavy atom. The number of hydrogen-bond acceptors (Lipinski definition) is 7. The molecule has 0 saturated heterocycles. The average molecular weight is 559 g/mol. The predicted octanol–water partition coefficient (Wildman–Crippen LogP) is 3.67. The van der Waals surface area contributed by atoms with Gasteiger partial charge < -0.3 is 15.3 Å². The van der Waals surface area contributed by atoms with Crippen LogP contribution in [-0.2, 0) is 16.6 Å². The minimum absolute atomic E-state index is 0.0726. The van der Waals surface area contributed by atoms with Crippen LogP contribution in [0, 0.1) is 11.3 Å². The van der Waals surface area contributed by atoms with E-state index >= 15 is 0 Å². The second-order valence-corrected chi connectivity index (χ2v) is 10.7. The highest BCUT2D eigenvalue weighted by Crippen LogP contribution is 2.36. The Balaban J connectivity index is 1.74. The van der Waals surface area contributed by atoms with Crippen LogP contribution in [0.4, 0.5) is 5.82 Å². The van der Waals surface area contributed by atoms with Gasteiger partial charge in [0.2, 0.25) is 0 Å². The molecule has 0 unspecified atom stereocenters. The number of hydrogen-bond donors (Lipinski definition) is 3. The molecule has 0 saturated carbocycles. The van der Waals surface area contributed by atoms with Gasteiger partial charge in [-0.15, -0.1) is 0 Å². The molecule has 0 aliphatic carbocycles. The van der Waals surface area contributed by atoms with Crippen molar-refractivity contribution in [1.29, 1.82) is 5.26 Å². The van der Waals surface area contributed by atoms with Gasteiger partial charge in [0.1, 0.15) is 11.5 Å². The van der Waals surface area contributed by atoms with E-state index in [4.69, 9.17) is 22.6 Å². The lowest BCUT2D eigenvalue weighted by atomic mass is 10.0. The molecule has 2 aromatic carbocycles. The molecule has 0 atom stereocenters. The highest BCUT2D eigenvalue weighted by molar-refractivity contribution is 7.90. The molecule has 4 N–H and O–H groups in total. The van der Waals surface area contributed by atoms with E-state index < -0.39 is 21.5 Å². The highest BCUT2D eigenvalue weighted by Gasteiger charge is 2.29. The number of carbonyl (C=O) groups is 1. The Labute approximate surface area is 227 Å². The fraction of sp³-hybridized carbons (Fsp3) is 0.0370. The van der Waals surface area contributed by atoms with Crippen LogP contribution in [0.1, 0.15) is 21.6 Å². The Morgan fingerprint density at radius 3 is 2.59 bits per heavy atom. The fourth-order valence-corrected chi connectivity index (χ4v) is 5.46. The number of anilines is 1. The predicted molar refractivity (Wildman–Crippen MR) is 147 cm³/mol. The van der Waals surface area contributed by atoms with E-state index in [1.807, 2.05) is 6.07 Å². The van der Waals surface area contributed by atoms with Crippen molar-refractivity contribution in [2.75, 3.05) is 5.73 Å². The average Bonchev–Trinajstić information content (AvgIpc) is 3.21. The van der Waals surface area contributed by atoms with Crippen LogP contribution in [0.15, 0.2) is 88.8 Å². The molecule has 0 aliphatic heterocycles. The van der Waals surface area contributed by atoms with E-state index in [9.17, 15) is 18.0 Å². The molecular weight excluding hydrogens is 540 g/mol. The van der Waals surface area contributed by atoms with Crippen LogP contribution in [0.25, 0.3) is 22.0 Å². The third kappa shape index (κ3) is 4.98. The second kappa shape index (κ2) is 10.1. The van der Waals surface area contributed by atoms with Crippen molar-refractivity contribution >= 4 is 44.3 Å². The maximum absolute atomic E-state index is 13.8. The summed E-state index contributed by atoms with van der Waals surface area (Å²) in [4.78, 5) is 33.1. The number of pyridine rings is 2. The number of amides is 1. The van der Waals surface area contributed by atoms with Gasteiger partial charge in [0, 0.05) is 46.0 Å². The number of sulfonamides is 1. The summed E-state index contributed by atoms with van der Waals surface area (Å²) in [6, 6.07) is 18.5. The first-order valence-corrected chi connectivity index (χ1v) is 13.3. The van der Waals surface area contributed by atoms with E-state index in [1.54, 1.807) is 41.0 Å². The van der Waals surface area contributed by atoms with Crippen LogP contribution in [0.5, 0.6) is 0 Å². The molecule has 12 heteroatoms. The van der Waals surface area contributed by atoms with Gasteiger partial charge in [0.25, 0.3) is 21.5 Å². The molecular formula is C27H19ClN6O4S. The van der Waals surface area contributed by atoms with Crippen molar-refractivity contribution in [3.05, 3.63) is 111 Å². The summed E-state index contributed by atoms with van der Waals surface area (Å²) in [5, 5.41) is 9.86. The molecule has 10 nitrogen and oxygen atoms in total. The summed E-state index contributed by atoms with van der Waals surface area (Å²) in [5.74, 6) is -0.701. The third-order valence-electron chi connectivity index (χ3n) is 6.04. The Morgan fingerprint density at radius 2 is 1.90 bits per heavy atom. The van der Waals surface area contributed by atoms with E-state index in [1.165, 1.54) is 42.7 Å². The standard InChI is InChI=1S/C27H19ClN6O4S/c28-18-5-8-22-21(13-18)24(20-2-1-10-32-26(20)35)25(34(22)15-17-9-11-31-23(30)12-17)27(36)33-39(37,38)19-6-3-16(14-29)4-7-19/h1-13H,15H2,(H2,30,31)(H,32,35)(H,33,36). The van der Waals surface area contributed by atoms with Crippen molar-refractivity contribution in [3.8, 4) is 17.2 Å². The van der Waals surface area contributed by atoms with Crippen LogP contribution in [0.3, 0.4) is 0 Å². The number of nitrogens with zero attached hydrogens (tertiary/aromatic N) is 3. The van der Waals surface area contributed by atoms with E-state index in [-0.39, 0.29) is 39.6 Å². The summed E-state index contributed by atoms with van der Waals surface area (Å²) in [6.45, 7) is 0.106. The van der Waals surface area contributed by atoms with E-state index in [0.717, 1.165) is 0 Å². The first-order chi connectivity index (χ1) is 18.7.